The molecule has 5 heteroatoms. The number of nitrogens with one attached hydrogen (secondary N) is 2. The molecule has 0 spiro atoms. The first-order chi connectivity index (χ1) is 11.5. The third-order valence-electron chi connectivity index (χ3n) is 4.30. The Kier molecular flexibility index (Phi) is 5.05. The van der Waals surface area contributed by atoms with Gasteiger partial charge in [-0.3, -0.25) is 0 Å². The van der Waals surface area contributed by atoms with E-state index in [2.05, 4.69) is 10.6 Å². The van der Waals surface area contributed by atoms with Crippen LogP contribution in [0.4, 0.5) is 9.18 Å². The quantitative estimate of drug-likeness (QED) is 0.806. The molecule has 1 aliphatic rings. The molecular formula is C19H20ClFN2O. The van der Waals surface area contributed by atoms with Gasteiger partial charge in [0.2, 0.25) is 0 Å². The Labute approximate surface area is 146 Å². The number of amides is 2. The van der Waals surface area contributed by atoms with Crippen molar-refractivity contribution in [1.82, 2.24) is 10.6 Å². The topological polar surface area (TPSA) is 41.1 Å². The fourth-order valence-corrected chi connectivity index (χ4v) is 2.82. The molecule has 1 fully saturated rings. The first-order valence-corrected chi connectivity index (χ1v) is 8.45. The van der Waals surface area contributed by atoms with Gasteiger partial charge < -0.3 is 10.6 Å². The third-order valence-corrected chi connectivity index (χ3v) is 4.55. The number of carbonyl (C=O) groups excluding carboxylic acids is 1. The Hall–Kier alpha value is -2.07. The van der Waals surface area contributed by atoms with Crippen molar-refractivity contribution in [2.24, 2.45) is 5.92 Å². The van der Waals surface area contributed by atoms with Crippen LogP contribution in [0.5, 0.6) is 0 Å². The lowest BCUT2D eigenvalue weighted by Gasteiger charge is -2.19. The molecule has 1 atom stereocenters. The Morgan fingerprint density at radius 1 is 1.25 bits per heavy atom. The van der Waals surface area contributed by atoms with Crippen LogP contribution in [0.3, 0.4) is 0 Å². The van der Waals surface area contributed by atoms with E-state index in [0.717, 1.165) is 24.0 Å². The van der Waals surface area contributed by atoms with Gasteiger partial charge in [0.1, 0.15) is 5.82 Å². The van der Waals surface area contributed by atoms with Gasteiger partial charge in [-0.05, 0) is 60.6 Å². The average Bonchev–Trinajstić information content (AvgIpc) is 3.39. The van der Waals surface area contributed by atoms with Gasteiger partial charge in [0, 0.05) is 11.6 Å². The molecule has 126 valence electrons. The van der Waals surface area contributed by atoms with Crippen LogP contribution in [-0.4, -0.2) is 6.03 Å². The molecule has 2 aromatic rings. The fraction of sp³-hybridized carbons (Fsp3) is 0.316. The van der Waals surface area contributed by atoms with Gasteiger partial charge in [0.25, 0.3) is 0 Å². The number of aryl methyl sites for hydroxylation is 1. The molecule has 3 rings (SSSR count). The van der Waals surface area contributed by atoms with Crippen LogP contribution >= 0.6 is 11.6 Å². The zero-order valence-corrected chi connectivity index (χ0v) is 14.2. The van der Waals surface area contributed by atoms with Gasteiger partial charge in [-0.1, -0.05) is 35.9 Å². The SMILES string of the molecule is Cc1ccc(CNC(=O)N[C@@H](c2ccc(Cl)cc2)C2CC2)cc1F. The van der Waals surface area contributed by atoms with E-state index in [1.165, 1.54) is 6.07 Å². The molecular weight excluding hydrogens is 327 g/mol. The molecule has 0 aromatic heterocycles. The number of hydrogen-bond donors (Lipinski definition) is 2. The second-order valence-corrected chi connectivity index (χ2v) is 6.71. The maximum atomic E-state index is 13.5. The number of hydrogen-bond acceptors (Lipinski definition) is 1. The van der Waals surface area contributed by atoms with Gasteiger partial charge in [-0.2, -0.15) is 0 Å². The van der Waals surface area contributed by atoms with Crippen molar-refractivity contribution in [3.05, 3.63) is 70.0 Å². The summed E-state index contributed by atoms with van der Waals surface area (Å²) in [6, 6.07) is 12.3. The van der Waals surface area contributed by atoms with Crippen LogP contribution in [0.2, 0.25) is 5.02 Å². The van der Waals surface area contributed by atoms with Crippen LogP contribution in [0.15, 0.2) is 42.5 Å². The van der Waals surface area contributed by atoms with Crippen molar-refractivity contribution in [3.63, 3.8) is 0 Å². The Balaban J connectivity index is 1.59. The number of rotatable bonds is 5. The Bertz CT molecular complexity index is 729. The van der Waals surface area contributed by atoms with Crippen LogP contribution in [0, 0.1) is 18.7 Å². The fourth-order valence-electron chi connectivity index (χ4n) is 2.69. The number of benzene rings is 2. The molecule has 1 saturated carbocycles. The Morgan fingerprint density at radius 3 is 2.58 bits per heavy atom. The highest BCUT2D eigenvalue weighted by Crippen LogP contribution is 2.41. The van der Waals surface area contributed by atoms with Crippen LogP contribution < -0.4 is 10.6 Å². The first-order valence-electron chi connectivity index (χ1n) is 8.08. The van der Waals surface area contributed by atoms with E-state index < -0.39 is 0 Å². The normalized spacial score (nSPS) is 15.0. The lowest BCUT2D eigenvalue weighted by molar-refractivity contribution is 0.235. The highest BCUT2D eigenvalue weighted by molar-refractivity contribution is 6.30. The highest BCUT2D eigenvalue weighted by atomic mass is 35.5. The number of urea groups is 1. The zero-order chi connectivity index (χ0) is 17.1. The van der Waals surface area contributed by atoms with Crippen molar-refractivity contribution in [1.29, 1.82) is 0 Å². The minimum Gasteiger partial charge on any atom is -0.334 e. The summed E-state index contributed by atoms with van der Waals surface area (Å²) in [5.74, 6) is 0.209. The monoisotopic (exact) mass is 346 g/mol. The van der Waals surface area contributed by atoms with Crippen molar-refractivity contribution in [3.8, 4) is 0 Å². The Morgan fingerprint density at radius 2 is 1.96 bits per heavy atom. The summed E-state index contributed by atoms with van der Waals surface area (Å²) in [5.41, 5.74) is 2.39. The molecule has 0 unspecified atom stereocenters. The van der Waals surface area contributed by atoms with Crippen LogP contribution in [-0.2, 0) is 6.54 Å². The summed E-state index contributed by atoms with van der Waals surface area (Å²) in [6.07, 6.45) is 2.22. The second-order valence-electron chi connectivity index (χ2n) is 6.28. The molecule has 0 saturated heterocycles. The van der Waals surface area contributed by atoms with E-state index in [1.807, 2.05) is 30.3 Å². The molecule has 0 bridgehead atoms. The summed E-state index contributed by atoms with van der Waals surface area (Å²) >= 11 is 5.93. The summed E-state index contributed by atoms with van der Waals surface area (Å²) in [6.45, 7) is 2.01. The zero-order valence-electron chi connectivity index (χ0n) is 13.5. The average molecular weight is 347 g/mol. The van der Waals surface area contributed by atoms with Crippen molar-refractivity contribution in [2.45, 2.75) is 32.4 Å². The molecule has 0 radical (unpaired) electrons. The van der Waals surface area contributed by atoms with E-state index in [-0.39, 0.29) is 17.9 Å². The lowest BCUT2D eigenvalue weighted by Crippen LogP contribution is -2.38. The minimum absolute atomic E-state index is 0.0166. The van der Waals surface area contributed by atoms with Gasteiger partial charge in [0.05, 0.1) is 6.04 Å². The molecule has 24 heavy (non-hydrogen) atoms. The summed E-state index contributed by atoms with van der Waals surface area (Å²) in [7, 11) is 0. The standard InChI is InChI=1S/C19H20ClFN2O/c1-12-2-3-13(10-17(12)21)11-22-19(24)23-18(14-4-5-14)15-6-8-16(20)9-7-15/h2-3,6-10,14,18H,4-5,11H2,1H3,(H2,22,23,24)/t18-/m1/s1. The second kappa shape index (κ2) is 7.22. The summed E-state index contributed by atoms with van der Waals surface area (Å²) in [4.78, 5) is 12.2. The molecule has 0 heterocycles. The van der Waals surface area contributed by atoms with E-state index >= 15 is 0 Å². The predicted molar refractivity (Wildman–Crippen MR) is 93.4 cm³/mol. The van der Waals surface area contributed by atoms with Crippen molar-refractivity contribution >= 4 is 17.6 Å². The van der Waals surface area contributed by atoms with Crippen LogP contribution in [0.25, 0.3) is 0 Å². The predicted octanol–water partition coefficient (Wildman–Crippen LogP) is 4.74. The maximum absolute atomic E-state index is 13.5. The van der Waals surface area contributed by atoms with Crippen LogP contribution in [0.1, 0.15) is 35.6 Å². The van der Waals surface area contributed by atoms with E-state index in [4.69, 9.17) is 11.6 Å². The smallest absolute Gasteiger partial charge is 0.315 e. The molecule has 2 N–H and O–H groups in total. The van der Waals surface area contributed by atoms with E-state index in [1.54, 1.807) is 13.0 Å². The molecule has 2 amide bonds. The summed E-state index contributed by atoms with van der Waals surface area (Å²) in [5, 5.41) is 6.50. The first kappa shape index (κ1) is 16.8. The molecule has 2 aromatic carbocycles. The minimum atomic E-state index is -0.258. The number of halogens is 2. The molecule has 0 aliphatic heterocycles. The van der Waals surface area contributed by atoms with Crippen molar-refractivity contribution < 1.29 is 9.18 Å². The largest absolute Gasteiger partial charge is 0.334 e. The van der Waals surface area contributed by atoms with Gasteiger partial charge in [-0.15, -0.1) is 0 Å². The third kappa shape index (κ3) is 4.26. The van der Waals surface area contributed by atoms with E-state index in [9.17, 15) is 9.18 Å². The summed E-state index contributed by atoms with van der Waals surface area (Å²) < 4.78 is 13.5. The van der Waals surface area contributed by atoms with Crippen molar-refractivity contribution in [2.75, 3.05) is 0 Å². The van der Waals surface area contributed by atoms with Gasteiger partial charge in [0.15, 0.2) is 0 Å². The van der Waals surface area contributed by atoms with Gasteiger partial charge in [-0.25, -0.2) is 9.18 Å². The molecule has 1 aliphatic carbocycles. The van der Waals surface area contributed by atoms with E-state index in [0.29, 0.717) is 23.0 Å². The highest BCUT2D eigenvalue weighted by Gasteiger charge is 2.33. The maximum Gasteiger partial charge on any atom is 0.315 e. The lowest BCUT2D eigenvalue weighted by atomic mass is 10.0. The number of carbonyl (C=O) groups is 1. The van der Waals surface area contributed by atoms with Gasteiger partial charge >= 0.3 is 6.03 Å². The molecule has 3 nitrogen and oxygen atoms in total.